The molecule has 1 atom stereocenters. The maximum Gasteiger partial charge on any atom is 0.304 e. The predicted octanol–water partition coefficient (Wildman–Crippen LogP) is 1.15. The molecule has 1 aliphatic rings. The quantitative estimate of drug-likeness (QED) is 0.796. The van der Waals surface area contributed by atoms with Gasteiger partial charge in [0.25, 0.3) is 10.2 Å². The first-order valence-corrected chi connectivity index (χ1v) is 8.20. The summed E-state index contributed by atoms with van der Waals surface area (Å²) in [5, 5.41) is 8.61. The molecule has 0 aromatic heterocycles. The lowest BCUT2D eigenvalue weighted by molar-refractivity contribution is -0.137. The molecule has 1 heterocycles. The number of carboxylic acids is 1. The van der Waals surface area contributed by atoms with Crippen LogP contribution in [0, 0.1) is 5.92 Å². The van der Waals surface area contributed by atoms with E-state index in [1.54, 1.807) is 0 Å². The fourth-order valence-corrected chi connectivity index (χ4v) is 3.76. The lowest BCUT2D eigenvalue weighted by Crippen LogP contribution is -2.43. The Balaban J connectivity index is 2.63. The molecule has 0 aliphatic carbocycles. The second-order valence-corrected chi connectivity index (χ2v) is 7.11. The van der Waals surface area contributed by atoms with Gasteiger partial charge in [-0.3, -0.25) is 4.79 Å². The fraction of sp³-hybridized carbons (Fsp3) is 0.917. The Morgan fingerprint density at radius 1 is 1.37 bits per heavy atom. The van der Waals surface area contributed by atoms with Crippen molar-refractivity contribution in [2.45, 2.75) is 39.0 Å². The van der Waals surface area contributed by atoms with Crippen molar-refractivity contribution < 1.29 is 18.3 Å². The Labute approximate surface area is 115 Å². The van der Waals surface area contributed by atoms with Gasteiger partial charge in [0.1, 0.15) is 0 Å². The molecular formula is C12H24N2O4S. The van der Waals surface area contributed by atoms with E-state index < -0.39 is 16.2 Å². The zero-order valence-corrected chi connectivity index (χ0v) is 12.5. The van der Waals surface area contributed by atoms with E-state index in [1.807, 2.05) is 0 Å². The molecule has 0 aromatic rings. The van der Waals surface area contributed by atoms with Crippen molar-refractivity contribution in [3.63, 3.8) is 0 Å². The van der Waals surface area contributed by atoms with Gasteiger partial charge in [0, 0.05) is 26.7 Å². The number of carboxylic acid groups (broad SMARTS) is 1. The Morgan fingerprint density at radius 3 is 2.63 bits per heavy atom. The molecule has 6 nitrogen and oxygen atoms in total. The second kappa shape index (κ2) is 7.21. The van der Waals surface area contributed by atoms with Gasteiger partial charge in [-0.15, -0.1) is 0 Å². The molecule has 0 aromatic carbocycles. The summed E-state index contributed by atoms with van der Waals surface area (Å²) in [4.78, 5) is 10.5. The van der Waals surface area contributed by atoms with Gasteiger partial charge in [-0.1, -0.05) is 13.3 Å². The molecule has 1 aliphatic heterocycles. The third kappa shape index (κ3) is 4.74. The van der Waals surface area contributed by atoms with Crippen molar-refractivity contribution in [3.8, 4) is 0 Å². The van der Waals surface area contributed by atoms with Crippen LogP contribution in [0.5, 0.6) is 0 Å². The Hall–Kier alpha value is -0.660. The molecule has 0 amide bonds. The SMILES string of the molecule is CCC1CCCN(S(=O)(=O)N(C)CCC(=O)O)CC1. The number of hydrogen-bond donors (Lipinski definition) is 1. The maximum absolute atomic E-state index is 12.3. The number of hydrogen-bond acceptors (Lipinski definition) is 3. The smallest absolute Gasteiger partial charge is 0.304 e. The van der Waals surface area contributed by atoms with Crippen LogP contribution in [-0.2, 0) is 15.0 Å². The van der Waals surface area contributed by atoms with E-state index in [9.17, 15) is 13.2 Å². The van der Waals surface area contributed by atoms with Crippen LogP contribution >= 0.6 is 0 Å². The van der Waals surface area contributed by atoms with Crippen molar-refractivity contribution in [2.75, 3.05) is 26.7 Å². The molecule has 0 bridgehead atoms. The molecule has 1 saturated heterocycles. The van der Waals surface area contributed by atoms with Crippen molar-refractivity contribution in [2.24, 2.45) is 5.92 Å². The third-order valence-corrected chi connectivity index (χ3v) is 5.73. The van der Waals surface area contributed by atoms with Crippen LogP contribution < -0.4 is 0 Å². The summed E-state index contributed by atoms with van der Waals surface area (Å²) in [6.45, 7) is 3.23. The maximum atomic E-state index is 12.3. The van der Waals surface area contributed by atoms with Gasteiger partial charge in [-0.25, -0.2) is 0 Å². The molecule has 0 saturated carbocycles. The molecule has 1 unspecified atom stereocenters. The average molecular weight is 292 g/mol. The normalized spacial score (nSPS) is 22.4. The summed E-state index contributed by atoms with van der Waals surface area (Å²) in [7, 11) is -2.06. The van der Waals surface area contributed by atoms with Gasteiger partial charge in [0.2, 0.25) is 0 Å². The van der Waals surface area contributed by atoms with Crippen LogP contribution in [0.15, 0.2) is 0 Å². The zero-order valence-electron chi connectivity index (χ0n) is 11.7. The minimum Gasteiger partial charge on any atom is -0.481 e. The van der Waals surface area contributed by atoms with E-state index >= 15 is 0 Å². The van der Waals surface area contributed by atoms with Crippen LogP contribution in [-0.4, -0.2) is 54.8 Å². The summed E-state index contributed by atoms with van der Waals surface area (Å²) < 4.78 is 27.2. The van der Waals surface area contributed by atoms with Crippen LogP contribution in [0.3, 0.4) is 0 Å². The van der Waals surface area contributed by atoms with Crippen molar-refractivity contribution in [1.29, 1.82) is 0 Å². The zero-order chi connectivity index (χ0) is 14.5. The first-order chi connectivity index (χ1) is 8.87. The highest BCUT2D eigenvalue weighted by Crippen LogP contribution is 2.22. The highest BCUT2D eigenvalue weighted by atomic mass is 32.2. The molecule has 0 spiro atoms. The molecule has 1 rings (SSSR count). The van der Waals surface area contributed by atoms with Crippen LogP contribution in [0.4, 0.5) is 0 Å². The molecule has 7 heteroatoms. The van der Waals surface area contributed by atoms with Crippen LogP contribution in [0.2, 0.25) is 0 Å². The first kappa shape index (κ1) is 16.4. The molecular weight excluding hydrogens is 268 g/mol. The molecule has 0 radical (unpaired) electrons. The van der Waals surface area contributed by atoms with Crippen molar-refractivity contribution in [1.82, 2.24) is 8.61 Å². The van der Waals surface area contributed by atoms with Crippen LogP contribution in [0.25, 0.3) is 0 Å². The summed E-state index contributed by atoms with van der Waals surface area (Å²) >= 11 is 0. The summed E-state index contributed by atoms with van der Waals surface area (Å²) in [6.07, 6.45) is 3.76. The molecule has 112 valence electrons. The topological polar surface area (TPSA) is 77.9 Å². The minimum absolute atomic E-state index is 0.0192. The van der Waals surface area contributed by atoms with Gasteiger partial charge >= 0.3 is 5.97 Å². The van der Waals surface area contributed by atoms with Gasteiger partial charge in [-0.05, 0) is 25.2 Å². The van der Waals surface area contributed by atoms with E-state index in [0.29, 0.717) is 19.0 Å². The lowest BCUT2D eigenvalue weighted by atomic mass is 9.98. The van der Waals surface area contributed by atoms with E-state index in [4.69, 9.17) is 5.11 Å². The van der Waals surface area contributed by atoms with E-state index in [-0.39, 0.29) is 13.0 Å². The third-order valence-electron chi connectivity index (χ3n) is 3.74. The van der Waals surface area contributed by atoms with Gasteiger partial charge in [0.15, 0.2) is 0 Å². The fourth-order valence-electron chi connectivity index (χ4n) is 2.34. The first-order valence-electron chi connectivity index (χ1n) is 6.81. The standard InChI is InChI=1S/C12H24N2O4S/c1-3-11-5-4-8-14(10-6-11)19(17,18)13(2)9-7-12(15)16/h11H,3-10H2,1-2H3,(H,15,16). The summed E-state index contributed by atoms with van der Waals surface area (Å²) in [6, 6.07) is 0. The van der Waals surface area contributed by atoms with Gasteiger partial charge in [-0.2, -0.15) is 17.0 Å². The summed E-state index contributed by atoms with van der Waals surface area (Å²) in [5.74, 6) is -0.381. The van der Waals surface area contributed by atoms with E-state index in [1.165, 1.54) is 11.4 Å². The summed E-state index contributed by atoms with van der Waals surface area (Å²) in [5.41, 5.74) is 0. The molecule has 1 N–H and O–H groups in total. The number of carbonyl (C=O) groups is 1. The predicted molar refractivity (Wildman–Crippen MR) is 73.0 cm³/mol. The van der Waals surface area contributed by atoms with Crippen LogP contribution in [0.1, 0.15) is 39.0 Å². The van der Waals surface area contributed by atoms with E-state index in [0.717, 1.165) is 30.0 Å². The largest absolute Gasteiger partial charge is 0.481 e. The monoisotopic (exact) mass is 292 g/mol. The van der Waals surface area contributed by atoms with Crippen molar-refractivity contribution >= 4 is 16.2 Å². The highest BCUT2D eigenvalue weighted by Gasteiger charge is 2.29. The Kier molecular flexibility index (Phi) is 6.22. The van der Waals surface area contributed by atoms with E-state index in [2.05, 4.69) is 6.92 Å². The second-order valence-electron chi connectivity index (χ2n) is 5.08. The van der Waals surface area contributed by atoms with Crippen molar-refractivity contribution in [3.05, 3.63) is 0 Å². The average Bonchev–Trinajstić information content (AvgIpc) is 2.61. The van der Waals surface area contributed by atoms with Gasteiger partial charge in [0.05, 0.1) is 6.42 Å². The number of aliphatic carboxylic acids is 1. The lowest BCUT2D eigenvalue weighted by Gasteiger charge is -2.26. The number of nitrogens with zero attached hydrogens (tertiary/aromatic N) is 2. The molecule has 19 heavy (non-hydrogen) atoms. The highest BCUT2D eigenvalue weighted by molar-refractivity contribution is 7.86. The Bertz CT molecular complexity index is 397. The minimum atomic E-state index is -3.51. The van der Waals surface area contributed by atoms with Gasteiger partial charge < -0.3 is 5.11 Å². The number of rotatable bonds is 6. The molecule has 1 fully saturated rings. The Morgan fingerprint density at radius 2 is 2.05 bits per heavy atom.